The smallest absolute Gasteiger partial charge is 0.471 e. The Bertz CT molecular complexity index is 1820. The van der Waals surface area contributed by atoms with Crippen LogP contribution in [0.4, 0.5) is 13.2 Å². The number of aliphatic hydroxyl groups excluding tert-OH is 1. The molecule has 0 aromatic heterocycles. The lowest BCUT2D eigenvalue weighted by Gasteiger charge is -2.45. The van der Waals surface area contributed by atoms with E-state index in [9.17, 15) is 52.8 Å². The Balaban J connectivity index is 1.60. The normalized spacial score (nSPS) is 26.6. The number of halogens is 3. The number of aliphatic hydroxyl groups is 2. The molecular weight excluding hydrogens is 715 g/mol. The van der Waals surface area contributed by atoms with Gasteiger partial charge in [0.2, 0.25) is 5.78 Å². The Hall–Kier alpha value is -3.74. The number of fused-ring (bicyclic) bond motifs is 3. The van der Waals surface area contributed by atoms with Crippen molar-refractivity contribution in [2.45, 2.75) is 94.1 Å². The molecule has 1 fully saturated rings. The largest absolute Gasteiger partial charge is 0.507 e. The summed E-state index contributed by atoms with van der Waals surface area (Å²) in [7, 11) is -0.598. The summed E-state index contributed by atoms with van der Waals surface area (Å²) < 4.78 is 62.1. The van der Waals surface area contributed by atoms with Crippen LogP contribution in [0.25, 0.3) is 0 Å². The molecule has 2 aromatic rings. The van der Waals surface area contributed by atoms with Crippen molar-refractivity contribution in [3.05, 3.63) is 51.6 Å². The first-order valence-electron chi connectivity index (χ1n) is 16.3. The van der Waals surface area contributed by atoms with Crippen molar-refractivity contribution in [1.82, 2.24) is 5.32 Å². The summed E-state index contributed by atoms with van der Waals surface area (Å²) in [6, 6.07) is 2.69. The maximum atomic E-state index is 13.9. The highest BCUT2D eigenvalue weighted by Gasteiger charge is 2.51. The summed E-state index contributed by atoms with van der Waals surface area (Å²) in [5.41, 5.74) is -4.43. The number of nitrogens with one attached hydrogen (secondary N) is 1. The van der Waals surface area contributed by atoms with Crippen molar-refractivity contribution in [3.8, 4) is 17.2 Å². The van der Waals surface area contributed by atoms with Crippen LogP contribution < -0.4 is 10.1 Å². The topological polar surface area (TPSA) is 198 Å². The molecule has 286 valence electrons. The molecule has 3 aliphatic rings. The molecule has 0 unspecified atom stereocenters. The van der Waals surface area contributed by atoms with Crippen molar-refractivity contribution in [2.75, 3.05) is 26.2 Å². The molecule has 2 aliphatic carbocycles. The molecule has 0 spiro atoms. The molecule has 0 bridgehead atoms. The fourth-order valence-corrected chi connectivity index (χ4v) is 7.23. The molecule has 1 heterocycles. The van der Waals surface area contributed by atoms with Crippen LogP contribution in [0.2, 0.25) is 0 Å². The lowest BCUT2D eigenvalue weighted by atomic mass is 9.72. The lowest BCUT2D eigenvalue weighted by molar-refractivity contribution is -0.250. The second kappa shape index (κ2) is 13.6. The number of hydrogen-bond acceptors (Lipinski definition) is 12. The number of phenols is 2. The summed E-state index contributed by atoms with van der Waals surface area (Å²) in [6.45, 7) is 6.50. The van der Waals surface area contributed by atoms with Crippen LogP contribution in [0, 0.1) is 0 Å². The van der Waals surface area contributed by atoms with Crippen LogP contribution in [0.5, 0.6) is 17.2 Å². The second-order valence-corrected chi connectivity index (χ2v) is 18.5. The minimum Gasteiger partial charge on any atom is -0.507 e. The van der Waals surface area contributed by atoms with Crippen LogP contribution in [-0.4, -0.2) is 111 Å². The molecule has 2 aromatic carbocycles. The molecule has 6 atom stereocenters. The maximum Gasteiger partial charge on any atom is 0.471 e. The molecule has 5 N–H and O–H groups in total. The average molecular weight is 758 g/mol. The van der Waals surface area contributed by atoms with E-state index in [0.717, 1.165) is 0 Å². The van der Waals surface area contributed by atoms with Gasteiger partial charge in [0, 0.05) is 40.7 Å². The number of amides is 1. The van der Waals surface area contributed by atoms with Gasteiger partial charge in [0.05, 0.1) is 42.0 Å². The van der Waals surface area contributed by atoms with Crippen LogP contribution in [0.3, 0.4) is 0 Å². The van der Waals surface area contributed by atoms with Gasteiger partial charge in [-0.2, -0.15) is 13.2 Å². The number of methoxy groups -OCH3 is 1. The zero-order chi connectivity index (χ0) is 38.9. The van der Waals surface area contributed by atoms with E-state index in [-0.39, 0.29) is 32.8 Å². The minimum atomic E-state index is -5.27. The minimum absolute atomic E-state index is 0.0151. The van der Waals surface area contributed by atoms with Gasteiger partial charge >= 0.3 is 12.1 Å². The fraction of sp³-hybridized carbons (Fsp3) is 0.543. The number of phenolic OH excluding ortho intramolecular Hbond substituents is 2. The fourth-order valence-electron chi connectivity index (χ4n) is 6.47. The predicted molar refractivity (Wildman–Crippen MR) is 180 cm³/mol. The third-order valence-corrected chi connectivity index (χ3v) is 13.8. The molecule has 1 aliphatic heterocycles. The van der Waals surface area contributed by atoms with E-state index in [2.05, 4.69) is 0 Å². The van der Waals surface area contributed by atoms with Crippen molar-refractivity contribution >= 4 is 33.6 Å². The lowest BCUT2D eigenvalue weighted by Crippen LogP contribution is -2.57. The van der Waals surface area contributed by atoms with E-state index >= 15 is 0 Å². The Labute approximate surface area is 298 Å². The van der Waals surface area contributed by atoms with E-state index in [4.69, 9.17) is 18.4 Å². The third-order valence-electron chi connectivity index (χ3n) is 10.2. The summed E-state index contributed by atoms with van der Waals surface area (Å²) in [5, 5.41) is 47.7. The van der Waals surface area contributed by atoms with Gasteiger partial charge in [0.15, 0.2) is 17.9 Å². The first-order chi connectivity index (χ1) is 23.9. The van der Waals surface area contributed by atoms with Gasteiger partial charge in [0.25, 0.3) is 0 Å². The standard InChI is InChI=1S/C35H42F3NO12S/c1-15-27(41)18(39-32(46)35(36,37)38)11-22(50-15)51-20-13-34(47,21(40)14-49-52(6,7)33(2,3)4)12-17-24(20)31(45)26-25(29(17)43)28(42)16-9-8-10-19(48-5)23(16)30(26)44/h8-10,15,18,20,22,27,41,43,45,47H,11-14H2,1-7H3,(H,39,46)/t15-,18-,20-,22+,27+,34-/m0/s1. The second-order valence-electron chi connectivity index (χ2n) is 14.5. The van der Waals surface area contributed by atoms with Gasteiger partial charge in [-0.3, -0.25) is 19.2 Å². The highest BCUT2D eigenvalue weighted by Crippen LogP contribution is 2.55. The number of carbonyl (C=O) groups is 4. The molecule has 13 nitrogen and oxygen atoms in total. The van der Waals surface area contributed by atoms with Crippen LogP contribution in [0.1, 0.15) is 89.6 Å². The molecule has 52 heavy (non-hydrogen) atoms. The number of benzene rings is 2. The first kappa shape index (κ1) is 39.5. The van der Waals surface area contributed by atoms with Gasteiger partial charge in [-0.25, -0.2) is 0 Å². The van der Waals surface area contributed by atoms with Crippen molar-refractivity contribution in [2.24, 2.45) is 0 Å². The molecule has 0 radical (unpaired) electrons. The van der Waals surface area contributed by atoms with E-state index in [0.29, 0.717) is 0 Å². The SMILES string of the molecule is COc1cccc2c1C(=O)c1c(O)c3c(c(O)c1C2=O)C[C@@](O)(C(=O)COS(C)(C)C(C)(C)C)C[C@@H]3O[C@@H]1C[C@H](NC(=O)C(F)(F)F)[C@H](O)[C@H](C)O1. The van der Waals surface area contributed by atoms with Crippen molar-refractivity contribution in [1.29, 1.82) is 0 Å². The van der Waals surface area contributed by atoms with E-state index in [1.165, 1.54) is 32.2 Å². The van der Waals surface area contributed by atoms with Crippen molar-refractivity contribution < 1.29 is 71.2 Å². The molecule has 1 amide bonds. The molecule has 0 saturated carbocycles. The number of carbonyl (C=O) groups excluding carboxylic acids is 4. The van der Waals surface area contributed by atoms with Gasteiger partial charge < -0.3 is 44.1 Å². The first-order valence-corrected chi connectivity index (χ1v) is 18.7. The number of hydrogen-bond donors (Lipinski definition) is 5. The van der Waals surface area contributed by atoms with Gasteiger partial charge in [-0.15, -0.1) is 10.3 Å². The zero-order valence-electron chi connectivity index (χ0n) is 29.5. The Kier molecular flexibility index (Phi) is 10.3. The number of ether oxygens (including phenoxy) is 3. The summed E-state index contributed by atoms with van der Waals surface area (Å²) in [4.78, 5) is 53.4. The van der Waals surface area contributed by atoms with Gasteiger partial charge in [-0.05, 0) is 25.5 Å². The quantitative estimate of drug-likeness (QED) is 0.210. The number of alkyl halides is 3. The maximum absolute atomic E-state index is 13.9. The van der Waals surface area contributed by atoms with E-state index in [1.807, 2.05) is 33.3 Å². The highest BCUT2D eigenvalue weighted by molar-refractivity contribution is 8.29. The Morgan fingerprint density at radius 2 is 1.69 bits per heavy atom. The van der Waals surface area contributed by atoms with Gasteiger partial charge in [0.1, 0.15) is 35.6 Å². The van der Waals surface area contributed by atoms with Crippen LogP contribution in [-0.2, 0) is 29.7 Å². The summed E-state index contributed by atoms with van der Waals surface area (Å²) >= 11 is 0. The summed E-state index contributed by atoms with van der Waals surface area (Å²) in [5.74, 6) is -6.49. The Morgan fingerprint density at radius 3 is 2.29 bits per heavy atom. The van der Waals surface area contributed by atoms with Crippen molar-refractivity contribution in [3.63, 3.8) is 0 Å². The molecular formula is C35H42F3NO12S. The van der Waals surface area contributed by atoms with Crippen LogP contribution >= 0.6 is 10.3 Å². The molecule has 17 heteroatoms. The summed E-state index contributed by atoms with van der Waals surface area (Å²) in [6.07, 6.45) is -9.37. The average Bonchev–Trinajstić information content (AvgIpc) is 3.04. The van der Waals surface area contributed by atoms with E-state index < -0.39 is 124 Å². The molecule has 5 rings (SSSR count). The molecule has 1 saturated heterocycles. The third kappa shape index (κ3) is 6.89. The monoisotopic (exact) mass is 757 g/mol. The zero-order valence-corrected chi connectivity index (χ0v) is 30.4. The number of rotatable bonds is 8. The van der Waals surface area contributed by atoms with E-state index in [1.54, 1.807) is 5.32 Å². The predicted octanol–water partition coefficient (Wildman–Crippen LogP) is 3.52. The number of ketones is 3. The highest BCUT2D eigenvalue weighted by atomic mass is 32.3. The number of Topliss-reactive ketones (excluding diaryl/α,β-unsaturated/α-hetero) is 1. The van der Waals surface area contributed by atoms with Crippen LogP contribution in [0.15, 0.2) is 18.2 Å². The number of aromatic hydroxyl groups is 2. The Morgan fingerprint density at radius 1 is 1.06 bits per heavy atom. The van der Waals surface area contributed by atoms with Gasteiger partial charge in [-0.1, -0.05) is 32.9 Å².